The number of carbonyl (C=O) groups is 3. The average molecular weight is 457 g/mol. The molecule has 0 N–H and O–H groups in total. The number of rotatable bonds is 8. The first-order valence-corrected chi connectivity index (χ1v) is 12.1. The molecule has 0 radical (unpaired) electrons. The molecule has 172 valence electrons. The normalized spacial score (nSPS) is 15.4. The molecule has 0 bridgehead atoms. The highest BCUT2D eigenvalue weighted by Gasteiger charge is 2.35. The summed E-state index contributed by atoms with van der Waals surface area (Å²) >= 11 is 1.73. The second-order valence-corrected chi connectivity index (χ2v) is 9.32. The van der Waals surface area contributed by atoms with Crippen molar-refractivity contribution in [1.82, 2.24) is 9.80 Å². The van der Waals surface area contributed by atoms with Crippen LogP contribution in [0, 0.1) is 6.92 Å². The van der Waals surface area contributed by atoms with E-state index < -0.39 is 5.97 Å². The lowest BCUT2D eigenvalue weighted by atomic mass is 9.90. The minimum absolute atomic E-state index is 0.00117. The van der Waals surface area contributed by atoms with Crippen LogP contribution in [0.5, 0.6) is 0 Å². The van der Waals surface area contributed by atoms with E-state index in [2.05, 4.69) is 30.5 Å². The van der Waals surface area contributed by atoms with Gasteiger partial charge in [0.25, 0.3) is 0 Å². The first-order chi connectivity index (χ1) is 15.3. The Morgan fingerprint density at radius 1 is 1.16 bits per heavy atom. The van der Waals surface area contributed by atoms with Crippen LogP contribution in [-0.4, -0.2) is 53.3 Å². The van der Waals surface area contributed by atoms with E-state index in [1.165, 1.54) is 10.4 Å². The number of ether oxygens (including phenoxy) is 1. The lowest BCUT2D eigenvalue weighted by molar-refractivity contribution is -0.147. The van der Waals surface area contributed by atoms with Crippen molar-refractivity contribution in [2.45, 2.75) is 59.0 Å². The summed E-state index contributed by atoms with van der Waals surface area (Å²) in [6.07, 6.45) is 0.887. The molecule has 2 aromatic rings. The van der Waals surface area contributed by atoms with Crippen molar-refractivity contribution < 1.29 is 19.1 Å². The van der Waals surface area contributed by atoms with Crippen molar-refractivity contribution in [3.05, 3.63) is 57.3 Å². The van der Waals surface area contributed by atoms with Gasteiger partial charge in [-0.05, 0) is 62.3 Å². The van der Waals surface area contributed by atoms with Gasteiger partial charge in [0.1, 0.15) is 6.54 Å². The van der Waals surface area contributed by atoms with Crippen LogP contribution in [0.2, 0.25) is 0 Å². The summed E-state index contributed by atoms with van der Waals surface area (Å²) in [5, 5.41) is 2.09. The van der Waals surface area contributed by atoms with Crippen molar-refractivity contribution in [3.63, 3.8) is 0 Å². The van der Waals surface area contributed by atoms with Gasteiger partial charge in [-0.3, -0.25) is 14.4 Å². The maximum atomic E-state index is 13.5. The van der Waals surface area contributed by atoms with E-state index in [0.717, 1.165) is 17.5 Å². The topological polar surface area (TPSA) is 66.9 Å². The van der Waals surface area contributed by atoms with Crippen LogP contribution in [-0.2, 0) is 25.5 Å². The van der Waals surface area contributed by atoms with Crippen LogP contribution in [0.15, 0.2) is 35.7 Å². The lowest BCUT2D eigenvalue weighted by Gasteiger charge is -2.38. The molecular formula is C25H32N2O4S. The van der Waals surface area contributed by atoms with Gasteiger partial charge in [-0.25, -0.2) is 0 Å². The van der Waals surface area contributed by atoms with E-state index in [-0.39, 0.29) is 43.3 Å². The number of hydrogen-bond acceptors (Lipinski definition) is 5. The zero-order chi connectivity index (χ0) is 23.3. The molecule has 0 fully saturated rings. The van der Waals surface area contributed by atoms with Crippen LogP contribution in [0.4, 0.5) is 0 Å². The van der Waals surface area contributed by atoms with E-state index in [1.807, 2.05) is 30.9 Å². The Balaban J connectivity index is 1.80. The second kappa shape index (κ2) is 10.8. The number of thiophene rings is 1. The third-order valence-corrected chi connectivity index (χ3v) is 6.86. The van der Waals surface area contributed by atoms with Gasteiger partial charge >= 0.3 is 5.97 Å². The summed E-state index contributed by atoms with van der Waals surface area (Å²) in [7, 11) is 0. The molecule has 0 saturated carbocycles. The van der Waals surface area contributed by atoms with Gasteiger partial charge in [0.05, 0.1) is 19.1 Å². The molecule has 7 heteroatoms. The summed E-state index contributed by atoms with van der Waals surface area (Å²) in [6, 6.07) is 9.97. The third kappa shape index (κ3) is 5.38. The third-order valence-electron chi connectivity index (χ3n) is 5.87. The van der Waals surface area contributed by atoms with Crippen molar-refractivity contribution >= 4 is 29.1 Å². The number of benzene rings is 1. The van der Waals surface area contributed by atoms with Gasteiger partial charge in [-0.2, -0.15) is 0 Å². The van der Waals surface area contributed by atoms with E-state index >= 15 is 0 Å². The fourth-order valence-electron chi connectivity index (χ4n) is 4.20. The van der Waals surface area contributed by atoms with Crippen LogP contribution < -0.4 is 0 Å². The molecule has 2 heterocycles. The van der Waals surface area contributed by atoms with Gasteiger partial charge in [-0.1, -0.05) is 24.3 Å². The molecule has 2 amide bonds. The molecule has 1 aromatic carbocycles. The van der Waals surface area contributed by atoms with Crippen LogP contribution >= 0.6 is 11.3 Å². The highest BCUT2D eigenvalue weighted by atomic mass is 32.1. The Kier molecular flexibility index (Phi) is 8.07. The lowest BCUT2D eigenvalue weighted by Crippen LogP contribution is -2.48. The monoisotopic (exact) mass is 456 g/mol. The van der Waals surface area contributed by atoms with Crippen molar-refractivity contribution in [3.8, 4) is 0 Å². The van der Waals surface area contributed by atoms with E-state index in [4.69, 9.17) is 4.74 Å². The number of amides is 2. The Morgan fingerprint density at radius 2 is 1.91 bits per heavy atom. The summed E-state index contributed by atoms with van der Waals surface area (Å²) < 4.78 is 4.92. The number of carbonyl (C=O) groups excluding carboxylic acids is 3. The number of hydrogen-bond donors (Lipinski definition) is 0. The second-order valence-electron chi connectivity index (χ2n) is 8.32. The van der Waals surface area contributed by atoms with Crippen LogP contribution in [0.25, 0.3) is 0 Å². The molecule has 0 aliphatic carbocycles. The van der Waals surface area contributed by atoms with E-state index in [9.17, 15) is 14.4 Å². The zero-order valence-corrected chi connectivity index (χ0v) is 20.1. The highest BCUT2D eigenvalue weighted by Crippen LogP contribution is 2.39. The zero-order valence-electron chi connectivity index (χ0n) is 19.3. The summed E-state index contributed by atoms with van der Waals surface area (Å²) in [5.41, 5.74) is 3.43. The fraction of sp³-hybridized carbons (Fsp3) is 0.480. The Bertz CT molecular complexity index is 968. The molecule has 32 heavy (non-hydrogen) atoms. The smallest absolute Gasteiger partial charge is 0.306 e. The van der Waals surface area contributed by atoms with Crippen LogP contribution in [0.3, 0.4) is 0 Å². The van der Waals surface area contributed by atoms with Gasteiger partial charge < -0.3 is 14.5 Å². The highest BCUT2D eigenvalue weighted by molar-refractivity contribution is 7.10. The van der Waals surface area contributed by atoms with Gasteiger partial charge in [0.2, 0.25) is 11.8 Å². The summed E-state index contributed by atoms with van der Waals surface area (Å²) in [5.74, 6) is -0.674. The molecule has 1 aromatic heterocycles. The largest absolute Gasteiger partial charge is 0.466 e. The predicted octanol–water partition coefficient (Wildman–Crippen LogP) is 4.11. The molecule has 0 unspecified atom stereocenters. The number of aryl methyl sites for hydroxylation is 1. The van der Waals surface area contributed by atoms with E-state index in [0.29, 0.717) is 13.2 Å². The number of esters is 1. The minimum atomic E-state index is -0.392. The Hall–Kier alpha value is -2.67. The molecule has 3 rings (SSSR count). The van der Waals surface area contributed by atoms with E-state index in [1.54, 1.807) is 23.2 Å². The van der Waals surface area contributed by atoms with Crippen molar-refractivity contribution in [1.29, 1.82) is 0 Å². The molecule has 1 aliphatic heterocycles. The first-order valence-electron chi connectivity index (χ1n) is 11.2. The first kappa shape index (κ1) is 24.0. The minimum Gasteiger partial charge on any atom is -0.466 e. The van der Waals surface area contributed by atoms with Gasteiger partial charge in [0, 0.05) is 23.9 Å². The molecule has 1 atom stereocenters. The Morgan fingerprint density at radius 3 is 2.59 bits per heavy atom. The number of fused-ring (bicyclic) bond motifs is 1. The fourth-order valence-corrected chi connectivity index (χ4v) is 5.10. The summed E-state index contributed by atoms with van der Waals surface area (Å²) in [6.45, 7) is 8.50. The molecular weight excluding hydrogens is 424 g/mol. The SMILES string of the molecule is CCOC(=O)CCC(=O)N(CC(=O)N1CCc2sccc2[C@@H]1c1ccccc1C)C(C)C. The quantitative estimate of drug-likeness (QED) is 0.561. The summed E-state index contributed by atoms with van der Waals surface area (Å²) in [4.78, 5) is 42.8. The maximum Gasteiger partial charge on any atom is 0.306 e. The standard InChI is InChI=1S/C25H32N2O4S/c1-5-31-24(30)11-10-22(28)27(17(2)3)16-23(29)26-14-12-21-20(13-15-32-21)25(26)19-9-7-6-8-18(19)4/h6-9,13,15,17,25H,5,10-12,14,16H2,1-4H3/t25-/m0/s1. The predicted molar refractivity (Wildman–Crippen MR) is 125 cm³/mol. The van der Waals surface area contributed by atoms with Crippen molar-refractivity contribution in [2.24, 2.45) is 0 Å². The Labute approximate surface area is 194 Å². The molecule has 0 spiro atoms. The van der Waals surface area contributed by atoms with Crippen LogP contribution in [0.1, 0.15) is 61.2 Å². The van der Waals surface area contributed by atoms with Crippen molar-refractivity contribution in [2.75, 3.05) is 19.7 Å². The van der Waals surface area contributed by atoms with Gasteiger partial charge in [-0.15, -0.1) is 11.3 Å². The molecule has 1 aliphatic rings. The maximum absolute atomic E-state index is 13.5. The molecule has 6 nitrogen and oxygen atoms in total. The number of nitrogens with zero attached hydrogens (tertiary/aromatic N) is 2. The molecule has 0 saturated heterocycles. The average Bonchev–Trinajstić information content (AvgIpc) is 3.24. The van der Waals surface area contributed by atoms with Gasteiger partial charge in [0.15, 0.2) is 0 Å².